The minimum absolute atomic E-state index is 0.541. The SMILES string of the molecule is C=Cc1c(C=C)c(C#N)c2cc(C)ccc2c1C#N. The van der Waals surface area contributed by atoms with Crippen molar-refractivity contribution in [3.05, 3.63) is 59.2 Å². The fraction of sp³-hybridized carbons (Fsp3) is 0.0588. The van der Waals surface area contributed by atoms with E-state index in [1.807, 2.05) is 25.1 Å². The van der Waals surface area contributed by atoms with Crippen LogP contribution in [0.4, 0.5) is 0 Å². The molecule has 19 heavy (non-hydrogen) atoms. The molecule has 0 aliphatic carbocycles. The van der Waals surface area contributed by atoms with Gasteiger partial charge in [0.15, 0.2) is 0 Å². The van der Waals surface area contributed by atoms with E-state index in [0.717, 1.165) is 16.3 Å². The summed E-state index contributed by atoms with van der Waals surface area (Å²) in [7, 11) is 0. The van der Waals surface area contributed by atoms with Crippen molar-refractivity contribution in [2.75, 3.05) is 0 Å². The van der Waals surface area contributed by atoms with Crippen LogP contribution < -0.4 is 0 Å². The average molecular weight is 244 g/mol. The third kappa shape index (κ3) is 1.80. The summed E-state index contributed by atoms with van der Waals surface area (Å²) in [5, 5.41) is 20.4. The molecule has 0 saturated heterocycles. The van der Waals surface area contributed by atoms with E-state index in [9.17, 15) is 10.5 Å². The number of rotatable bonds is 2. The monoisotopic (exact) mass is 244 g/mol. The van der Waals surface area contributed by atoms with Gasteiger partial charge in [-0.25, -0.2) is 0 Å². The van der Waals surface area contributed by atoms with Crippen molar-refractivity contribution in [1.29, 1.82) is 10.5 Å². The molecular weight excluding hydrogens is 232 g/mol. The molecule has 2 aromatic carbocycles. The third-order valence-corrected chi connectivity index (χ3v) is 3.17. The lowest BCUT2D eigenvalue weighted by Crippen LogP contribution is -1.96. The van der Waals surface area contributed by atoms with Crippen molar-refractivity contribution >= 4 is 22.9 Å². The van der Waals surface area contributed by atoms with Gasteiger partial charge < -0.3 is 0 Å². The van der Waals surface area contributed by atoms with Crippen LogP contribution in [0.15, 0.2) is 31.4 Å². The Bertz CT molecular complexity index is 784. The molecule has 0 heterocycles. The number of fused-ring (bicyclic) bond motifs is 1. The van der Waals surface area contributed by atoms with Crippen LogP contribution in [0.25, 0.3) is 22.9 Å². The van der Waals surface area contributed by atoms with E-state index in [4.69, 9.17) is 0 Å². The Kier molecular flexibility index (Phi) is 3.19. The first-order valence-electron chi connectivity index (χ1n) is 5.83. The molecule has 0 saturated carbocycles. The molecule has 0 spiro atoms. The first-order chi connectivity index (χ1) is 9.17. The Balaban J connectivity index is 3.17. The molecule has 0 N–H and O–H groups in total. The van der Waals surface area contributed by atoms with E-state index < -0.39 is 0 Å². The molecule has 2 nitrogen and oxygen atoms in total. The zero-order valence-corrected chi connectivity index (χ0v) is 10.7. The third-order valence-electron chi connectivity index (χ3n) is 3.17. The molecule has 2 aromatic rings. The molecule has 0 aromatic heterocycles. The molecule has 0 bridgehead atoms. The summed E-state index contributed by atoms with van der Waals surface area (Å²) in [6.07, 6.45) is 3.22. The Morgan fingerprint density at radius 1 is 0.947 bits per heavy atom. The van der Waals surface area contributed by atoms with E-state index in [1.165, 1.54) is 0 Å². The quantitative estimate of drug-likeness (QED) is 0.795. The Labute approximate surface area is 112 Å². The van der Waals surface area contributed by atoms with Gasteiger partial charge in [-0.2, -0.15) is 10.5 Å². The molecule has 0 atom stereocenters. The summed E-state index contributed by atoms with van der Waals surface area (Å²) >= 11 is 0. The van der Waals surface area contributed by atoms with Gasteiger partial charge in [-0.05, 0) is 6.92 Å². The van der Waals surface area contributed by atoms with E-state index in [2.05, 4.69) is 25.3 Å². The summed E-state index contributed by atoms with van der Waals surface area (Å²) in [5.74, 6) is 0. The van der Waals surface area contributed by atoms with Gasteiger partial charge >= 0.3 is 0 Å². The van der Waals surface area contributed by atoms with Gasteiger partial charge in [-0.1, -0.05) is 49.1 Å². The van der Waals surface area contributed by atoms with E-state index >= 15 is 0 Å². The highest BCUT2D eigenvalue weighted by Crippen LogP contribution is 2.32. The Morgan fingerprint density at radius 2 is 1.47 bits per heavy atom. The lowest BCUT2D eigenvalue weighted by atomic mass is 9.89. The molecule has 2 heteroatoms. The smallest absolute Gasteiger partial charge is 0.100 e. The predicted octanol–water partition coefficient (Wildman–Crippen LogP) is 4.18. The highest BCUT2D eigenvalue weighted by Gasteiger charge is 2.15. The van der Waals surface area contributed by atoms with Crippen molar-refractivity contribution in [3.63, 3.8) is 0 Å². The maximum absolute atomic E-state index is 9.41. The largest absolute Gasteiger partial charge is 0.192 e. The lowest BCUT2D eigenvalue weighted by Gasteiger charge is -2.12. The number of hydrogen-bond donors (Lipinski definition) is 0. The second-order valence-corrected chi connectivity index (χ2v) is 4.26. The predicted molar refractivity (Wildman–Crippen MR) is 78.3 cm³/mol. The van der Waals surface area contributed by atoms with Crippen molar-refractivity contribution in [3.8, 4) is 12.1 Å². The summed E-state index contributed by atoms with van der Waals surface area (Å²) in [6.45, 7) is 9.44. The summed E-state index contributed by atoms with van der Waals surface area (Å²) in [6, 6.07) is 10.2. The molecular formula is C17H12N2. The van der Waals surface area contributed by atoms with Crippen LogP contribution in [0.1, 0.15) is 27.8 Å². The van der Waals surface area contributed by atoms with Gasteiger partial charge in [-0.3, -0.25) is 0 Å². The van der Waals surface area contributed by atoms with Gasteiger partial charge in [0.2, 0.25) is 0 Å². The van der Waals surface area contributed by atoms with E-state index in [0.29, 0.717) is 22.3 Å². The Morgan fingerprint density at radius 3 is 1.95 bits per heavy atom. The van der Waals surface area contributed by atoms with Crippen molar-refractivity contribution in [2.45, 2.75) is 6.92 Å². The molecule has 0 unspecified atom stereocenters. The van der Waals surface area contributed by atoms with Crippen LogP contribution >= 0.6 is 0 Å². The van der Waals surface area contributed by atoms with E-state index in [1.54, 1.807) is 12.2 Å². The number of benzene rings is 2. The molecule has 0 aliphatic heterocycles. The van der Waals surface area contributed by atoms with Crippen molar-refractivity contribution in [2.24, 2.45) is 0 Å². The second-order valence-electron chi connectivity index (χ2n) is 4.26. The fourth-order valence-corrected chi connectivity index (χ4v) is 2.31. The first kappa shape index (κ1) is 12.6. The maximum atomic E-state index is 9.41. The molecule has 0 aliphatic rings. The summed E-state index contributed by atoms with van der Waals surface area (Å²) < 4.78 is 0. The van der Waals surface area contributed by atoms with Gasteiger partial charge in [-0.15, -0.1) is 0 Å². The fourth-order valence-electron chi connectivity index (χ4n) is 2.31. The zero-order valence-electron chi connectivity index (χ0n) is 10.7. The second kappa shape index (κ2) is 4.80. The average Bonchev–Trinajstić information content (AvgIpc) is 2.44. The molecule has 2 rings (SSSR count). The maximum Gasteiger partial charge on any atom is 0.100 e. The van der Waals surface area contributed by atoms with Crippen molar-refractivity contribution < 1.29 is 0 Å². The number of nitriles is 2. The normalized spacial score (nSPS) is 9.63. The number of hydrogen-bond acceptors (Lipinski definition) is 2. The van der Waals surface area contributed by atoms with Crippen molar-refractivity contribution in [1.82, 2.24) is 0 Å². The van der Waals surface area contributed by atoms with Crippen LogP contribution in [0, 0.1) is 29.6 Å². The summed E-state index contributed by atoms with van der Waals surface area (Å²) in [4.78, 5) is 0. The summed E-state index contributed by atoms with van der Waals surface area (Å²) in [5.41, 5.74) is 3.48. The van der Waals surface area contributed by atoms with Crippen LogP contribution in [-0.4, -0.2) is 0 Å². The topological polar surface area (TPSA) is 47.6 Å². The first-order valence-corrected chi connectivity index (χ1v) is 5.83. The minimum Gasteiger partial charge on any atom is -0.192 e. The lowest BCUT2D eigenvalue weighted by molar-refractivity contribution is 1.44. The van der Waals surface area contributed by atoms with Gasteiger partial charge in [0.05, 0.1) is 11.1 Å². The number of aryl methyl sites for hydroxylation is 1. The van der Waals surface area contributed by atoms with E-state index in [-0.39, 0.29) is 0 Å². The van der Waals surface area contributed by atoms with Crippen LogP contribution in [-0.2, 0) is 0 Å². The van der Waals surface area contributed by atoms with Gasteiger partial charge in [0.25, 0.3) is 0 Å². The molecule has 0 fully saturated rings. The highest BCUT2D eigenvalue weighted by molar-refractivity contribution is 5.99. The minimum atomic E-state index is 0.541. The van der Waals surface area contributed by atoms with Crippen LogP contribution in [0.5, 0.6) is 0 Å². The van der Waals surface area contributed by atoms with Gasteiger partial charge in [0.1, 0.15) is 12.1 Å². The zero-order chi connectivity index (χ0) is 14.0. The molecule has 0 amide bonds. The Hall–Kier alpha value is -2.84. The van der Waals surface area contributed by atoms with Crippen LogP contribution in [0.2, 0.25) is 0 Å². The van der Waals surface area contributed by atoms with Crippen LogP contribution in [0.3, 0.4) is 0 Å². The number of nitrogens with zero attached hydrogens (tertiary/aromatic N) is 2. The highest BCUT2D eigenvalue weighted by atomic mass is 14.3. The molecule has 90 valence electrons. The molecule has 0 radical (unpaired) electrons. The standard InChI is InChI=1S/C17H12N2/c1-4-12-13(5-2)17(10-19)15-8-11(3)6-7-14(15)16(12)9-18/h4-8H,1-2H2,3H3. The van der Waals surface area contributed by atoms with Gasteiger partial charge in [0, 0.05) is 21.9 Å².